The van der Waals surface area contributed by atoms with Crippen molar-refractivity contribution in [1.29, 1.82) is 0 Å². The molecular formula is C13H22N4O3. The molecule has 0 aromatic carbocycles. The first-order valence-corrected chi connectivity index (χ1v) is 7.21. The summed E-state index contributed by atoms with van der Waals surface area (Å²) in [5, 5.41) is 21.2. The largest absolute Gasteiger partial charge is 0.481 e. The molecule has 1 aliphatic heterocycles. The van der Waals surface area contributed by atoms with E-state index in [1.54, 1.807) is 4.68 Å². The highest BCUT2D eigenvalue weighted by Crippen LogP contribution is 2.29. The van der Waals surface area contributed by atoms with E-state index in [1.807, 2.05) is 13.8 Å². The summed E-state index contributed by atoms with van der Waals surface area (Å²) in [4.78, 5) is 11.6. The van der Waals surface area contributed by atoms with E-state index in [0.717, 1.165) is 19.4 Å². The van der Waals surface area contributed by atoms with Gasteiger partial charge in [0.05, 0.1) is 18.1 Å². The summed E-state index contributed by atoms with van der Waals surface area (Å²) in [5.74, 6) is -0.0782. The van der Waals surface area contributed by atoms with Crippen molar-refractivity contribution >= 4 is 5.97 Å². The molecule has 112 valence electrons. The third kappa shape index (κ3) is 2.98. The summed E-state index contributed by atoms with van der Waals surface area (Å²) >= 11 is 0. The Labute approximate surface area is 118 Å². The van der Waals surface area contributed by atoms with Gasteiger partial charge in [-0.05, 0) is 36.1 Å². The number of aromatic nitrogens is 4. The van der Waals surface area contributed by atoms with Crippen LogP contribution in [-0.2, 0) is 22.5 Å². The summed E-state index contributed by atoms with van der Waals surface area (Å²) in [6.07, 6.45) is 3.99. The quantitative estimate of drug-likeness (QED) is 0.810. The number of carboxylic acids is 1. The van der Waals surface area contributed by atoms with Crippen molar-refractivity contribution in [3.63, 3.8) is 0 Å². The third-order valence-electron chi connectivity index (χ3n) is 4.30. The van der Waals surface area contributed by atoms with Gasteiger partial charge in [-0.25, -0.2) is 4.68 Å². The van der Waals surface area contributed by atoms with Crippen LogP contribution in [0.25, 0.3) is 0 Å². The molecule has 1 aliphatic rings. The van der Waals surface area contributed by atoms with Crippen molar-refractivity contribution < 1.29 is 14.6 Å². The van der Waals surface area contributed by atoms with Crippen LogP contribution in [0.1, 0.15) is 45.4 Å². The first-order chi connectivity index (χ1) is 9.61. The number of hydrogen-bond donors (Lipinski definition) is 1. The molecule has 0 bridgehead atoms. The summed E-state index contributed by atoms with van der Waals surface area (Å²) in [6, 6.07) is 0. The fourth-order valence-electron chi connectivity index (χ4n) is 2.63. The number of carbonyl (C=O) groups is 1. The van der Waals surface area contributed by atoms with E-state index in [0.29, 0.717) is 31.6 Å². The number of nitrogens with zero attached hydrogens (tertiary/aromatic N) is 4. The minimum absolute atomic E-state index is 0.155. The van der Waals surface area contributed by atoms with Crippen molar-refractivity contribution in [2.75, 3.05) is 6.61 Å². The van der Waals surface area contributed by atoms with E-state index < -0.39 is 11.4 Å². The molecule has 1 fully saturated rings. The van der Waals surface area contributed by atoms with Gasteiger partial charge in [-0.15, -0.1) is 5.10 Å². The molecule has 0 amide bonds. The van der Waals surface area contributed by atoms with Gasteiger partial charge in [0.15, 0.2) is 5.82 Å². The highest BCUT2D eigenvalue weighted by Gasteiger charge is 2.36. The lowest BCUT2D eigenvalue weighted by molar-refractivity contribution is -0.150. The van der Waals surface area contributed by atoms with Crippen molar-refractivity contribution in [1.82, 2.24) is 20.2 Å². The maximum Gasteiger partial charge on any atom is 0.311 e. The van der Waals surface area contributed by atoms with Crippen LogP contribution >= 0.6 is 0 Å². The molecule has 0 spiro atoms. The van der Waals surface area contributed by atoms with E-state index in [-0.39, 0.29) is 6.10 Å². The standard InChI is InChI=1S/C13H22N4O3/c1-3-13(4-2,12(18)19)9-17-11(14-15-16-17)8-10-6-5-7-20-10/h10H,3-9H2,1-2H3,(H,18,19). The average Bonchev–Trinajstić information content (AvgIpc) is 3.08. The fourth-order valence-corrected chi connectivity index (χ4v) is 2.63. The molecule has 1 unspecified atom stereocenters. The van der Waals surface area contributed by atoms with Gasteiger partial charge in [0, 0.05) is 13.0 Å². The molecule has 0 radical (unpaired) electrons. The Kier molecular flexibility index (Phi) is 4.69. The second kappa shape index (κ2) is 6.30. The van der Waals surface area contributed by atoms with E-state index in [9.17, 15) is 9.90 Å². The molecule has 2 rings (SSSR count). The van der Waals surface area contributed by atoms with Crippen LogP contribution in [0.4, 0.5) is 0 Å². The summed E-state index contributed by atoms with van der Waals surface area (Å²) in [7, 11) is 0. The van der Waals surface area contributed by atoms with Crippen LogP contribution in [0.3, 0.4) is 0 Å². The first-order valence-electron chi connectivity index (χ1n) is 7.21. The number of carboxylic acid groups (broad SMARTS) is 1. The fraction of sp³-hybridized carbons (Fsp3) is 0.846. The Balaban J connectivity index is 2.12. The average molecular weight is 282 g/mol. The van der Waals surface area contributed by atoms with Gasteiger partial charge in [0.1, 0.15) is 0 Å². The molecule has 1 N–H and O–H groups in total. The Morgan fingerprint density at radius 2 is 2.25 bits per heavy atom. The monoisotopic (exact) mass is 282 g/mol. The normalized spacial score (nSPS) is 19.4. The molecule has 1 saturated heterocycles. The molecule has 7 heteroatoms. The molecule has 2 heterocycles. The minimum atomic E-state index is -0.805. The topological polar surface area (TPSA) is 90.1 Å². The lowest BCUT2D eigenvalue weighted by atomic mass is 9.82. The number of tetrazole rings is 1. The van der Waals surface area contributed by atoms with E-state index in [4.69, 9.17) is 4.74 Å². The predicted octanol–water partition coefficient (Wildman–Crippen LogP) is 1.29. The number of rotatable bonds is 7. The van der Waals surface area contributed by atoms with Crippen molar-refractivity contribution in [2.24, 2.45) is 5.41 Å². The van der Waals surface area contributed by atoms with Crippen molar-refractivity contribution in [3.8, 4) is 0 Å². The molecule has 1 aromatic heterocycles. The van der Waals surface area contributed by atoms with Gasteiger partial charge in [-0.2, -0.15) is 0 Å². The molecule has 0 aliphatic carbocycles. The van der Waals surface area contributed by atoms with Crippen LogP contribution in [0, 0.1) is 5.41 Å². The first kappa shape index (κ1) is 14.9. The maximum atomic E-state index is 11.6. The molecule has 0 saturated carbocycles. The smallest absolute Gasteiger partial charge is 0.311 e. The zero-order chi connectivity index (χ0) is 14.6. The van der Waals surface area contributed by atoms with Crippen molar-refractivity contribution in [3.05, 3.63) is 5.82 Å². The summed E-state index contributed by atoms with van der Waals surface area (Å²) in [6.45, 7) is 4.88. The lowest BCUT2D eigenvalue weighted by Crippen LogP contribution is -2.35. The van der Waals surface area contributed by atoms with Gasteiger partial charge < -0.3 is 9.84 Å². The zero-order valence-corrected chi connectivity index (χ0v) is 12.1. The number of ether oxygens (including phenoxy) is 1. The van der Waals surface area contributed by atoms with Crippen molar-refractivity contribution in [2.45, 2.75) is 58.6 Å². The van der Waals surface area contributed by atoms with Gasteiger partial charge in [-0.3, -0.25) is 4.79 Å². The molecule has 1 aromatic rings. The maximum absolute atomic E-state index is 11.6. The third-order valence-corrected chi connectivity index (χ3v) is 4.30. The lowest BCUT2D eigenvalue weighted by Gasteiger charge is -2.26. The second-order valence-electron chi connectivity index (χ2n) is 5.38. The second-order valence-corrected chi connectivity index (χ2v) is 5.38. The highest BCUT2D eigenvalue weighted by atomic mass is 16.5. The van der Waals surface area contributed by atoms with E-state index >= 15 is 0 Å². The Morgan fingerprint density at radius 1 is 1.50 bits per heavy atom. The van der Waals surface area contributed by atoms with Crippen LogP contribution in [0.15, 0.2) is 0 Å². The molecule has 1 atom stereocenters. The molecular weight excluding hydrogens is 260 g/mol. The SMILES string of the molecule is CCC(CC)(Cn1nnnc1CC1CCCO1)C(=O)O. The molecule has 20 heavy (non-hydrogen) atoms. The van der Waals surface area contributed by atoms with Gasteiger partial charge in [-0.1, -0.05) is 13.8 Å². The highest BCUT2D eigenvalue weighted by molar-refractivity contribution is 5.74. The number of aliphatic carboxylic acids is 1. The zero-order valence-electron chi connectivity index (χ0n) is 12.1. The predicted molar refractivity (Wildman–Crippen MR) is 71.1 cm³/mol. The number of hydrogen-bond acceptors (Lipinski definition) is 5. The van der Waals surface area contributed by atoms with E-state index in [2.05, 4.69) is 15.5 Å². The Morgan fingerprint density at radius 3 is 2.80 bits per heavy atom. The van der Waals surface area contributed by atoms with E-state index in [1.165, 1.54) is 0 Å². The van der Waals surface area contributed by atoms with Crippen LogP contribution < -0.4 is 0 Å². The van der Waals surface area contributed by atoms with Crippen LogP contribution in [0.5, 0.6) is 0 Å². The van der Waals surface area contributed by atoms with Gasteiger partial charge in [0.2, 0.25) is 0 Å². The minimum Gasteiger partial charge on any atom is -0.481 e. The molecule has 7 nitrogen and oxygen atoms in total. The van der Waals surface area contributed by atoms with Crippen LogP contribution in [-0.4, -0.2) is 44.0 Å². The Hall–Kier alpha value is -1.50. The van der Waals surface area contributed by atoms with Crippen LogP contribution in [0.2, 0.25) is 0 Å². The Bertz CT molecular complexity index is 450. The summed E-state index contributed by atoms with van der Waals surface area (Å²) in [5.41, 5.74) is -0.805. The van der Waals surface area contributed by atoms with Gasteiger partial charge in [0.25, 0.3) is 0 Å². The van der Waals surface area contributed by atoms with Gasteiger partial charge >= 0.3 is 5.97 Å². The summed E-state index contributed by atoms with van der Waals surface area (Å²) < 4.78 is 7.21.